The zero-order valence-electron chi connectivity index (χ0n) is 10.2. The quantitative estimate of drug-likeness (QED) is 0.861. The van der Waals surface area contributed by atoms with Gasteiger partial charge in [-0.1, -0.05) is 0 Å². The number of hydrogen-bond acceptors (Lipinski definition) is 3. The summed E-state index contributed by atoms with van der Waals surface area (Å²) in [6.07, 6.45) is 2.91. The van der Waals surface area contributed by atoms with Gasteiger partial charge in [0.15, 0.2) is 5.78 Å². The maximum Gasteiger partial charge on any atom is 0.257 e. The van der Waals surface area contributed by atoms with Crippen molar-refractivity contribution < 1.29 is 14.0 Å². The Kier molecular flexibility index (Phi) is 3.66. The van der Waals surface area contributed by atoms with Crippen LogP contribution in [0.3, 0.4) is 0 Å². The number of amides is 1. The van der Waals surface area contributed by atoms with E-state index in [1.165, 1.54) is 31.5 Å². The summed E-state index contributed by atoms with van der Waals surface area (Å²) >= 11 is 0. The van der Waals surface area contributed by atoms with E-state index in [4.69, 9.17) is 0 Å². The molecule has 0 atom stereocenters. The van der Waals surface area contributed by atoms with Crippen molar-refractivity contribution in [3.63, 3.8) is 0 Å². The van der Waals surface area contributed by atoms with Gasteiger partial charge in [0, 0.05) is 18.0 Å². The minimum atomic E-state index is -0.595. The average molecular weight is 258 g/mol. The Morgan fingerprint density at radius 2 is 2.00 bits per heavy atom. The lowest BCUT2D eigenvalue weighted by Gasteiger charge is -2.07. The molecule has 1 aromatic carbocycles. The number of halogens is 1. The Hall–Kier alpha value is -2.56. The van der Waals surface area contributed by atoms with Gasteiger partial charge in [-0.05, 0) is 37.3 Å². The molecule has 1 N–H and O–H groups in total. The second kappa shape index (κ2) is 5.39. The van der Waals surface area contributed by atoms with Crippen molar-refractivity contribution in [3.05, 3.63) is 59.7 Å². The van der Waals surface area contributed by atoms with Crippen LogP contribution in [0.15, 0.2) is 42.7 Å². The van der Waals surface area contributed by atoms with E-state index in [9.17, 15) is 14.0 Å². The van der Waals surface area contributed by atoms with E-state index in [0.29, 0.717) is 11.1 Å². The molecule has 0 radical (unpaired) electrons. The van der Waals surface area contributed by atoms with Gasteiger partial charge in [-0.2, -0.15) is 0 Å². The summed E-state index contributed by atoms with van der Waals surface area (Å²) in [7, 11) is 0. The molecule has 4 nitrogen and oxygen atoms in total. The number of carbonyl (C=O) groups excluding carboxylic acids is 2. The van der Waals surface area contributed by atoms with Crippen LogP contribution in [-0.4, -0.2) is 16.7 Å². The van der Waals surface area contributed by atoms with Gasteiger partial charge in [-0.15, -0.1) is 0 Å². The van der Waals surface area contributed by atoms with Crippen LogP contribution in [0.2, 0.25) is 0 Å². The Morgan fingerprint density at radius 1 is 1.21 bits per heavy atom. The van der Waals surface area contributed by atoms with Crippen molar-refractivity contribution >= 4 is 17.4 Å². The van der Waals surface area contributed by atoms with Crippen LogP contribution < -0.4 is 5.32 Å². The number of nitrogens with zero attached hydrogens (tertiary/aromatic N) is 1. The molecule has 96 valence electrons. The van der Waals surface area contributed by atoms with E-state index in [2.05, 4.69) is 10.3 Å². The van der Waals surface area contributed by atoms with Crippen LogP contribution >= 0.6 is 0 Å². The van der Waals surface area contributed by atoms with E-state index >= 15 is 0 Å². The number of pyridine rings is 1. The fourth-order valence-electron chi connectivity index (χ4n) is 1.53. The summed E-state index contributed by atoms with van der Waals surface area (Å²) in [5.74, 6) is -1.27. The molecule has 2 aromatic rings. The third kappa shape index (κ3) is 3.01. The molecule has 1 amide bonds. The van der Waals surface area contributed by atoms with Crippen LogP contribution in [-0.2, 0) is 0 Å². The van der Waals surface area contributed by atoms with E-state index in [1.807, 2.05) is 0 Å². The molecule has 0 aliphatic carbocycles. The molecule has 5 heteroatoms. The highest BCUT2D eigenvalue weighted by Gasteiger charge is 2.11. The topological polar surface area (TPSA) is 59.1 Å². The first-order valence-electron chi connectivity index (χ1n) is 5.60. The van der Waals surface area contributed by atoms with Crippen molar-refractivity contribution in [2.24, 2.45) is 0 Å². The molecular weight excluding hydrogens is 247 g/mol. The highest BCUT2D eigenvalue weighted by atomic mass is 19.1. The van der Waals surface area contributed by atoms with Crippen LogP contribution in [0.25, 0.3) is 0 Å². The smallest absolute Gasteiger partial charge is 0.257 e. The first kappa shape index (κ1) is 12.9. The molecule has 1 heterocycles. The maximum atomic E-state index is 13.6. The minimum Gasteiger partial charge on any atom is -0.319 e. The number of rotatable bonds is 3. The van der Waals surface area contributed by atoms with E-state index in [0.717, 1.165) is 6.07 Å². The van der Waals surface area contributed by atoms with Gasteiger partial charge >= 0.3 is 0 Å². The number of hydrogen-bond donors (Lipinski definition) is 1. The second-order valence-corrected chi connectivity index (χ2v) is 3.95. The predicted octanol–water partition coefficient (Wildman–Crippen LogP) is 2.68. The highest BCUT2D eigenvalue weighted by Crippen LogP contribution is 2.17. The maximum absolute atomic E-state index is 13.6. The third-order valence-electron chi connectivity index (χ3n) is 2.54. The third-order valence-corrected chi connectivity index (χ3v) is 2.54. The Morgan fingerprint density at radius 3 is 2.63 bits per heavy atom. The summed E-state index contributed by atoms with van der Waals surface area (Å²) in [4.78, 5) is 26.9. The van der Waals surface area contributed by atoms with Gasteiger partial charge < -0.3 is 5.32 Å². The zero-order valence-corrected chi connectivity index (χ0v) is 10.2. The van der Waals surface area contributed by atoms with Crippen molar-refractivity contribution in [2.45, 2.75) is 6.92 Å². The molecule has 1 aromatic heterocycles. The second-order valence-electron chi connectivity index (χ2n) is 3.95. The number of carbonyl (C=O) groups is 2. The molecule has 0 bridgehead atoms. The van der Waals surface area contributed by atoms with E-state index < -0.39 is 11.7 Å². The largest absolute Gasteiger partial charge is 0.319 e. The number of anilines is 1. The lowest BCUT2D eigenvalue weighted by atomic mass is 10.1. The number of benzene rings is 1. The summed E-state index contributed by atoms with van der Waals surface area (Å²) in [6.45, 7) is 1.37. The van der Waals surface area contributed by atoms with Gasteiger partial charge in [0.2, 0.25) is 0 Å². The molecule has 2 rings (SSSR count). The summed E-state index contributed by atoms with van der Waals surface area (Å²) in [5.41, 5.74) is 0.625. The van der Waals surface area contributed by atoms with Crippen molar-refractivity contribution in [1.82, 2.24) is 4.98 Å². The van der Waals surface area contributed by atoms with E-state index in [1.54, 1.807) is 12.1 Å². The first-order chi connectivity index (χ1) is 9.08. The molecule has 0 aliphatic rings. The van der Waals surface area contributed by atoms with Gasteiger partial charge in [0.05, 0.1) is 11.3 Å². The molecule has 0 unspecified atom stereocenters. The monoisotopic (exact) mass is 258 g/mol. The van der Waals surface area contributed by atoms with Crippen molar-refractivity contribution in [2.75, 3.05) is 5.32 Å². The van der Waals surface area contributed by atoms with Crippen LogP contribution in [0, 0.1) is 5.82 Å². The molecule has 0 aliphatic heterocycles. The fraction of sp³-hybridized carbons (Fsp3) is 0.0714. The number of Topliss-reactive ketones (excluding diaryl/α,β-unsaturated/α-hetero) is 1. The first-order valence-corrected chi connectivity index (χ1v) is 5.60. The minimum absolute atomic E-state index is 0.0263. The van der Waals surface area contributed by atoms with E-state index in [-0.39, 0.29) is 11.5 Å². The van der Waals surface area contributed by atoms with Crippen molar-refractivity contribution in [3.8, 4) is 0 Å². The predicted molar refractivity (Wildman–Crippen MR) is 68.6 cm³/mol. The molecule has 0 fully saturated rings. The molecule has 0 spiro atoms. The van der Waals surface area contributed by atoms with Gasteiger partial charge in [0.1, 0.15) is 5.82 Å². The standard InChI is InChI=1S/C14H11FN2O2/c1-9(18)10-4-5-12(15)13(7-10)17-14(19)11-3-2-6-16-8-11/h2-8H,1H3,(H,17,19). The highest BCUT2D eigenvalue weighted by molar-refractivity contribution is 6.05. The molecule has 19 heavy (non-hydrogen) atoms. The lowest BCUT2D eigenvalue weighted by molar-refractivity contribution is 0.101. The Balaban J connectivity index is 2.26. The van der Waals surface area contributed by atoms with Gasteiger partial charge in [-0.25, -0.2) is 4.39 Å². The normalized spacial score (nSPS) is 10.0. The van der Waals surface area contributed by atoms with Crippen LogP contribution in [0.1, 0.15) is 27.6 Å². The SMILES string of the molecule is CC(=O)c1ccc(F)c(NC(=O)c2cccnc2)c1. The Labute approximate surface area is 109 Å². The molecule has 0 saturated heterocycles. The average Bonchev–Trinajstić information content (AvgIpc) is 2.42. The van der Waals surface area contributed by atoms with Crippen LogP contribution in [0.5, 0.6) is 0 Å². The summed E-state index contributed by atoms with van der Waals surface area (Å²) in [5, 5.41) is 2.42. The summed E-state index contributed by atoms with van der Waals surface area (Å²) in [6, 6.07) is 7.01. The number of aromatic nitrogens is 1. The summed E-state index contributed by atoms with van der Waals surface area (Å²) < 4.78 is 13.6. The Bertz CT molecular complexity index is 627. The number of ketones is 1. The zero-order chi connectivity index (χ0) is 13.8. The van der Waals surface area contributed by atoms with Gasteiger partial charge in [0.25, 0.3) is 5.91 Å². The fourth-order valence-corrected chi connectivity index (χ4v) is 1.53. The van der Waals surface area contributed by atoms with Gasteiger partial charge in [-0.3, -0.25) is 14.6 Å². The lowest BCUT2D eigenvalue weighted by Crippen LogP contribution is -2.13. The molecular formula is C14H11FN2O2. The van der Waals surface area contributed by atoms with Crippen molar-refractivity contribution in [1.29, 1.82) is 0 Å². The molecule has 0 saturated carbocycles. The number of nitrogens with one attached hydrogen (secondary N) is 1. The van der Waals surface area contributed by atoms with Crippen LogP contribution in [0.4, 0.5) is 10.1 Å².